The van der Waals surface area contributed by atoms with Crippen molar-refractivity contribution >= 4 is 5.91 Å². The Balaban J connectivity index is 1.51. The van der Waals surface area contributed by atoms with Crippen molar-refractivity contribution in [2.45, 2.75) is 45.1 Å². The molecule has 1 aromatic rings. The Morgan fingerprint density at radius 3 is 2.79 bits per heavy atom. The lowest BCUT2D eigenvalue weighted by atomic mass is 9.95. The normalized spacial score (nSPS) is 23.6. The Morgan fingerprint density at radius 2 is 2.08 bits per heavy atom. The minimum Gasteiger partial charge on any atom is -0.396 e. The quantitative estimate of drug-likeness (QED) is 0.858. The minimum atomic E-state index is 0.0990. The summed E-state index contributed by atoms with van der Waals surface area (Å²) in [6.07, 6.45) is 6.50. The van der Waals surface area contributed by atoms with Gasteiger partial charge in [-0.15, -0.1) is 5.10 Å². The average Bonchev–Trinajstić information content (AvgIpc) is 3.10. The molecule has 0 radical (unpaired) electrons. The molecule has 1 aromatic heterocycles. The van der Waals surface area contributed by atoms with E-state index in [1.54, 1.807) is 0 Å². The number of likely N-dealkylation sites (tertiary alicyclic amines) is 2. The smallest absolute Gasteiger partial charge is 0.226 e. The van der Waals surface area contributed by atoms with Gasteiger partial charge in [0.05, 0.1) is 17.7 Å². The summed E-state index contributed by atoms with van der Waals surface area (Å²) in [6, 6.07) is 0.312. The summed E-state index contributed by atoms with van der Waals surface area (Å²) in [4.78, 5) is 17.2. The standard InChI is InChI=1S/C17H29N5O2/c1-2-20-8-3-4-14(12-20)17(24)21-9-5-16(6-10-21)22-13-15(7-11-23)18-19-22/h13-14,16,23H,2-12H2,1H3. The number of nitrogens with zero attached hydrogens (tertiary/aromatic N) is 5. The van der Waals surface area contributed by atoms with Crippen LogP contribution in [0.5, 0.6) is 0 Å². The molecule has 2 aliphatic rings. The van der Waals surface area contributed by atoms with Crippen molar-refractivity contribution in [1.82, 2.24) is 24.8 Å². The number of piperidine rings is 2. The number of amides is 1. The van der Waals surface area contributed by atoms with E-state index in [4.69, 9.17) is 5.11 Å². The van der Waals surface area contributed by atoms with Gasteiger partial charge in [0.25, 0.3) is 0 Å². The van der Waals surface area contributed by atoms with Crippen molar-refractivity contribution in [1.29, 1.82) is 0 Å². The highest BCUT2D eigenvalue weighted by atomic mass is 16.3. The van der Waals surface area contributed by atoms with Crippen LogP contribution in [0.25, 0.3) is 0 Å². The summed E-state index contributed by atoms with van der Waals surface area (Å²) in [7, 11) is 0. The lowest BCUT2D eigenvalue weighted by Crippen LogP contribution is -2.47. The second-order valence-electron chi connectivity index (χ2n) is 6.95. The first-order chi connectivity index (χ1) is 11.7. The van der Waals surface area contributed by atoms with Crippen LogP contribution in [-0.2, 0) is 11.2 Å². The Kier molecular flexibility index (Phi) is 5.84. The van der Waals surface area contributed by atoms with Gasteiger partial charge in [-0.1, -0.05) is 12.1 Å². The van der Waals surface area contributed by atoms with Crippen molar-refractivity contribution < 1.29 is 9.90 Å². The fraction of sp³-hybridized carbons (Fsp3) is 0.824. The molecule has 3 heterocycles. The Bertz CT molecular complexity index is 539. The van der Waals surface area contributed by atoms with Crippen LogP contribution in [0.15, 0.2) is 6.20 Å². The van der Waals surface area contributed by atoms with Crippen LogP contribution in [0.4, 0.5) is 0 Å². The fourth-order valence-corrected chi connectivity index (χ4v) is 3.87. The summed E-state index contributed by atoms with van der Waals surface area (Å²) in [5.74, 6) is 0.518. The molecule has 134 valence electrons. The van der Waals surface area contributed by atoms with Gasteiger partial charge >= 0.3 is 0 Å². The summed E-state index contributed by atoms with van der Waals surface area (Å²) >= 11 is 0. The zero-order valence-electron chi connectivity index (χ0n) is 14.6. The number of hydrogen-bond acceptors (Lipinski definition) is 5. The van der Waals surface area contributed by atoms with Gasteiger partial charge in [0, 0.05) is 38.9 Å². The van der Waals surface area contributed by atoms with Crippen LogP contribution in [0.2, 0.25) is 0 Å². The second kappa shape index (κ2) is 8.07. The molecule has 2 fully saturated rings. The van der Waals surface area contributed by atoms with Crippen molar-refractivity contribution in [3.05, 3.63) is 11.9 Å². The summed E-state index contributed by atoms with van der Waals surface area (Å²) in [5.41, 5.74) is 0.831. The van der Waals surface area contributed by atoms with E-state index in [0.29, 0.717) is 18.4 Å². The maximum absolute atomic E-state index is 12.8. The van der Waals surface area contributed by atoms with Crippen LogP contribution < -0.4 is 0 Å². The van der Waals surface area contributed by atoms with E-state index in [2.05, 4.69) is 22.1 Å². The van der Waals surface area contributed by atoms with E-state index >= 15 is 0 Å². The number of rotatable bonds is 5. The molecular formula is C17H29N5O2. The summed E-state index contributed by atoms with van der Waals surface area (Å²) in [5, 5.41) is 17.2. The second-order valence-corrected chi connectivity index (χ2v) is 6.95. The van der Waals surface area contributed by atoms with Crippen LogP contribution in [0, 0.1) is 5.92 Å². The maximum Gasteiger partial charge on any atom is 0.226 e. The van der Waals surface area contributed by atoms with Crippen molar-refractivity contribution in [3.8, 4) is 0 Å². The number of aliphatic hydroxyl groups is 1. The largest absolute Gasteiger partial charge is 0.396 e. The van der Waals surface area contributed by atoms with E-state index in [1.165, 1.54) is 0 Å². The highest BCUT2D eigenvalue weighted by molar-refractivity contribution is 5.79. The third kappa shape index (κ3) is 3.95. The molecule has 2 saturated heterocycles. The fourth-order valence-electron chi connectivity index (χ4n) is 3.87. The number of aromatic nitrogens is 3. The predicted molar refractivity (Wildman–Crippen MR) is 90.5 cm³/mol. The minimum absolute atomic E-state index is 0.0990. The first-order valence-corrected chi connectivity index (χ1v) is 9.24. The van der Waals surface area contributed by atoms with Gasteiger partial charge in [-0.05, 0) is 38.8 Å². The zero-order chi connectivity index (χ0) is 16.9. The molecular weight excluding hydrogens is 306 g/mol. The van der Waals surface area contributed by atoms with Crippen molar-refractivity contribution in [2.75, 3.05) is 39.3 Å². The van der Waals surface area contributed by atoms with E-state index < -0.39 is 0 Å². The third-order valence-corrected chi connectivity index (χ3v) is 5.38. The molecule has 0 bridgehead atoms. The van der Waals surface area contributed by atoms with Crippen LogP contribution in [0.3, 0.4) is 0 Å². The lowest BCUT2D eigenvalue weighted by Gasteiger charge is -2.37. The molecule has 7 heteroatoms. The predicted octanol–water partition coefficient (Wildman–Crippen LogP) is 0.708. The van der Waals surface area contributed by atoms with Gasteiger partial charge in [0.1, 0.15) is 0 Å². The Labute approximate surface area is 143 Å². The molecule has 0 saturated carbocycles. The first kappa shape index (κ1) is 17.4. The number of hydrogen-bond donors (Lipinski definition) is 1. The van der Waals surface area contributed by atoms with E-state index in [1.807, 2.05) is 15.8 Å². The Morgan fingerprint density at radius 1 is 1.29 bits per heavy atom. The van der Waals surface area contributed by atoms with Gasteiger partial charge in [-0.3, -0.25) is 4.79 Å². The third-order valence-electron chi connectivity index (χ3n) is 5.38. The van der Waals surface area contributed by atoms with Gasteiger partial charge < -0.3 is 14.9 Å². The monoisotopic (exact) mass is 335 g/mol. The van der Waals surface area contributed by atoms with E-state index in [-0.39, 0.29) is 12.5 Å². The molecule has 0 spiro atoms. The summed E-state index contributed by atoms with van der Waals surface area (Å²) in [6.45, 7) is 6.97. The SMILES string of the molecule is CCN1CCCC(C(=O)N2CCC(n3cc(CCO)nn3)CC2)C1. The number of carbonyl (C=O) groups excluding carboxylic acids is 1. The molecule has 7 nitrogen and oxygen atoms in total. The molecule has 0 aliphatic carbocycles. The van der Waals surface area contributed by atoms with E-state index in [0.717, 1.165) is 64.1 Å². The molecule has 1 amide bonds. The molecule has 1 unspecified atom stereocenters. The topological polar surface area (TPSA) is 74.5 Å². The molecule has 1 N–H and O–H groups in total. The van der Waals surface area contributed by atoms with Crippen molar-refractivity contribution in [2.24, 2.45) is 5.92 Å². The lowest BCUT2D eigenvalue weighted by molar-refractivity contribution is -0.138. The van der Waals surface area contributed by atoms with Gasteiger partial charge in [0.2, 0.25) is 5.91 Å². The zero-order valence-corrected chi connectivity index (χ0v) is 14.6. The first-order valence-electron chi connectivity index (χ1n) is 9.24. The number of aliphatic hydroxyl groups excluding tert-OH is 1. The van der Waals surface area contributed by atoms with Crippen molar-refractivity contribution in [3.63, 3.8) is 0 Å². The van der Waals surface area contributed by atoms with Crippen LogP contribution in [-0.4, -0.2) is 75.1 Å². The summed E-state index contributed by atoms with van der Waals surface area (Å²) < 4.78 is 1.91. The molecule has 24 heavy (non-hydrogen) atoms. The highest BCUT2D eigenvalue weighted by Gasteiger charge is 2.31. The van der Waals surface area contributed by atoms with Crippen LogP contribution in [0.1, 0.15) is 44.3 Å². The van der Waals surface area contributed by atoms with Gasteiger partial charge in [-0.25, -0.2) is 4.68 Å². The molecule has 0 aromatic carbocycles. The number of carbonyl (C=O) groups is 1. The van der Waals surface area contributed by atoms with Gasteiger partial charge in [-0.2, -0.15) is 0 Å². The Hall–Kier alpha value is -1.47. The highest BCUT2D eigenvalue weighted by Crippen LogP contribution is 2.25. The maximum atomic E-state index is 12.8. The van der Waals surface area contributed by atoms with Gasteiger partial charge in [0.15, 0.2) is 0 Å². The van der Waals surface area contributed by atoms with E-state index in [9.17, 15) is 4.79 Å². The van der Waals surface area contributed by atoms with Crippen LogP contribution >= 0.6 is 0 Å². The molecule has 2 aliphatic heterocycles. The molecule has 1 atom stereocenters. The molecule has 3 rings (SSSR count). The average molecular weight is 335 g/mol.